The maximum Gasteiger partial charge on any atom is 0.120 e. The number of ether oxygens (including phenoxy) is 1. The average Bonchev–Trinajstić information content (AvgIpc) is 2.77. The van der Waals surface area contributed by atoms with Crippen molar-refractivity contribution in [1.29, 1.82) is 0 Å². The number of halogens is 1. The fourth-order valence-electron chi connectivity index (χ4n) is 2.00. The summed E-state index contributed by atoms with van der Waals surface area (Å²) in [6, 6.07) is 10.2. The van der Waals surface area contributed by atoms with Gasteiger partial charge in [0.2, 0.25) is 0 Å². The Morgan fingerprint density at radius 2 is 2.05 bits per heavy atom. The van der Waals surface area contributed by atoms with E-state index in [4.69, 9.17) is 16.3 Å². The van der Waals surface area contributed by atoms with E-state index in [1.54, 1.807) is 11.3 Å². The number of hydrogen-bond acceptors (Lipinski definition) is 3. The van der Waals surface area contributed by atoms with Crippen LogP contribution in [-0.2, 0) is 0 Å². The summed E-state index contributed by atoms with van der Waals surface area (Å²) < 4.78 is 5.74. The van der Waals surface area contributed by atoms with Gasteiger partial charge in [-0.1, -0.05) is 23.7 Å². The molecule has 0 aliphatic rings. The molecule has 2 rings (SSSR count). The summed E-state index contributed by atoms with van der Waals surface area (Å²) in [6.07, 6.45) is 0.175. The van der Waals surface area contributed by atoms with Gasteiger partial charge in [0.25, 0.3) is 0 Å². The second-order valence-electron chi connectivity index (χ2n) is 4.59. The van der Waals surface area contributed by atoms with E-state index < -0.39 is 0 Å². The minimum absolute atomic E-state index is 0.100. The largest absolute Gasteiger partial charge is 0.491 e. The van der Waals surface area contributed by atoms with E-state index in [0.717, 1.165) is 21.2 Å². The first-order valence-electron chi connectivity index (χ1n) is 6.28. The fraction of sp³-hybridized carbons (Fsp3) is 0.333. The van der Waals surface area contributed by atoms with Crippen molar-refractivity contribution < 1.29 is 4.74 Å². The lowest BCUT2D eigenvalue weighted by Gasteiger charge is -2.17. The van der Waals surface area contributed by atoms with Crippen LogP contribution < -0.4 is 10.1 Å². The zero-order valence-corrected chi connectivity index (χ0v) is 12.9. The van der Waals surface area contributed by atoms with Crippen LogP contribution in [0.15, 0.2) is 35.7 Å². The van der Waals surface area contributed by atoms with Gasteiger partial charge in [-0.2, -0.15) is 0 Å². The SMILES string of the molecule is CNC(c1cccc(OC(C)C)c1)c1sccc1Cl. The number of nitrogens with one attached hydrogen (secondary N) is 1. The monoisotopic (exact) mass is 295 g/mol. The van der Waals surface area contributed by atoms with Crippen LogP contribution in [0.25, 0.3) is 0 Å². The van der Waals surface area contributed by atoms with E-state index in [0.29, 0.717) is 0 Å². The predicted octanol–water partition coefficient (Wildman–Crippen LogP) is 4.50. The Morgan fingerprint density at radius 3 is 2.63 bits per heavy atom. The molecular formula is C15H18ClNOS. The Hall–Kier alpha value is -1.03. The molecule has 0 spiro atoms. The molecule has 0 saturated heterocycles. The van der Waals surface area contributed by atoms with Crippen molar-refractivity contribution in [2.45, 2.75) is 26.0 Å². The molecule has 2 nitrogen and oxygen atoms in total. The molecule has 1 aromatic heterocycles. The topological polar surface area (TPSA) is 21.3 Å². The highest BCUT2D eigenvalue weighted by molar-refractivity contribution is 7.10. The third-order valence-electron chi connectivity index (χ3n) is 2.76. The standard InChI is InChI=1S/C15H18ClNOS/c1-10(2)18-12-6-4-5-11(9-12)14(17-3)15-13(16)7-8-19-15/h4-10,14,17H,1-3H3. The van der Waals surface area contributed by atoms with Crippen molar-refractivity contribution in [3.63, 3.8) is 0 Å². The second kappa shape index (κ2) is 6.42. The predicted molar refractivity (Wildman–Crippen MR) is 82.4 cm³/mol. The molecule has 0 fully saturated rings. The lowest BCUT2D eigenvalue weighted by atomic mass is 10.1. The van der Waals surface area contributed by atoms with Crippen molar-refractivity contribution in [1.82, 2.24) is 5.32 Å². The summed E-state index contributed by atoms with van der Waals surface area (Å²) in [5.74, 6) is 0.889. The Bertz CT molecular complexity index is 538. The van der Waals surface area contributed by atoms with Crippen molar-refractivity contribution >= 4 is 22.9 Å². The third kappa shape index (κ3) is 3.50. The van der Waals surface area contributed by atoms with Gasteiger partial charge >= 0.3 is 0 Å². The number of rotatable bonds is 5. The summed E-state index contributed by atoms with van der Waals surface area (Å²) in [6.45, 7) is 4.05. The molecule has 0 aliphatic carbocycles. The molecule has 102 valence electrons. The third-order valence-corrected chi connectivity index (χ3v) is 4.18. The number of thiophene rings is 1. The molecule has 19 heavy (non-hydrogen) atoms. The van der Waals surface area contributed by atoms with Crippen molar-refractivity contribution in [3.8, 4) is 5.75 Å². The van der Waals surface area contributed by atoms with Crippen LogP contribution >= 0.6 is 22.9 Å². The maximum absolute atomic E-state index is 6.23. The Labute approximate surface area is 123 Å². The molecule has 0 aliphatic heterocycles. The van der Waals surface area contributed by atoms with Gasteiger partial charge in [0.1, 0.15) is 5.75 Å². The zero-order chi connectivity index (χ0) is 13.8. The van der Waals surface area contributed by atoms with E-state index in [2.05, 4.69) is 17.4 Å². The van der Waals surface area contributed by atoms with Crippen molar-refractivity contribution in [2.24, 2.45) is 0 Å². The lowest BCUT2D eigenvalue weighted by Crippen LogP contribution is -2.17. The first-order valence-corrected chi connectivity index (χ1v) is 7.54. The number of hydrogen-bond donors (Lipinski definition) is 1. The zero-order valence-electron chi connectivity index (χ0n) is 11.3. The number of benzene rings is 1. The van der Waals surface area contributed by atoms with Gasteiger partial charge in [-0.05, 0) is 50.0 Å². The molecule has 1 heterocycles. The van der Waals surface area contributed by atoms with Gasteiger partial charge in [-0.25, -0.2) is 0 Å². The first kappa shape index (κ1) is 14.4. The highest BCUT2D eigenvalue weighted by Crippen LogP contribution is 2.33. The molecular weight excluding hydrogens is 278 g/mol. The van der Waals surface area contributed by atoms with Crippen molar-refractivity contribution in [3.05, 3.63) is 51.2 Å². The quantitative estimate of drug-likeness (QED) is 0.877. The van der Waals surface area contributed by atoms with Crippen LogP contribution in [0.3, 0.4) is 0 Å². The Balaban J connectivity index is 2.31. The highest BCUT2D eigenvalue weighted by atomic mass is 35.5. The van der Waals surface area contributed by atoms with E-state index >= 15 is 0 Å². The molecule has 0 saturated carbocycles. The summed E-state index contributed by atoms with van der Waals surface area (Å²) in [4.78, 5) is 1.13. The van der Waals surface area contributed by atoms with Crippen LogP contribution in [0, 0.1) is 0 Å². The van der Waals surface area contributed by atoms with Crippen LogP contribution in [0.2, 0.25) is 5.02 Å². The molecule has 1 aromatic carbocycles. The van der Waals surface area contributed by atoms with Crippen LogP contribution in [0.4, 0.5) is 0 Å². The van der Waals surface area contributed by atoms with Gasteiger partial charge < -0.3 is 10.1 Å². The van der Waals surface area contributed by atoms with Crippen LogP contribution in [0.1, 0.15) is 30.3 Å². The minimum atomic E-state index is 0.100. The smallest absolute Gasteiger partial charge is 0.120 e. The van der Waals surface area contributed by atoms with Crippen LogP contribution in [0.5, 0.6) is 5.75 Å². The highest BCUT2D eigenvalue weighted by Gasteiger charge is 2.17. The molecule has 0 amide bonds. The molecule has 2 aromatic rings. The average molecular weight is 296 g/mol. The molecule has 4 heteroatoms. The van der Waals surface area contributed by atoms with Crippen LogP contribution in [-0.4, -0.2) is 13.2 Å². The van der Waals surface area contributed by atoms with E-state index in [9.17, 15) is 0 Å². The first-order chi connectivity index (χ1) is 9.11. The normalized spacial score (nSPS) is 12.7. The molecule has 0 radical (unpaired) electrons. The summed E-state index contributed by atoms with van der Waals surface area (Å²) in [5, 5.41) is 6.13. The van der Waals surface area contributed by atoms with Gasteiger partial charge in [0.05, 0.1) is 17.2 Å². The Kier molecular flexibility index (Phi) is 4.86. The second-order valence-corrected chi connectivity index (χ2v) is 5.95. The summed E-state index contributed by atoms with van der Waals surface area (Å²) >= 11 is 7.89. The van der Waals surface area contributed by atoms with E-state index in [1.807, 2.05) is 44.5 Å². The van der Waals surface area contributed by atoms with Gasteiger partial charge in [0.15, 0.2) is 0 Å². The van der Waals surface area contributed by atoms with Gasteiger partial charge in [-0.3, -0.25) is 0 Å². The lowest BCUT2D eigenvalue weighted by molar-refractivity contribution is 0.242. The Morgan fingerprint density at radius 1 is 1.26 bits per heavy atom. The maximum atomic E-state index is 6.23. The van der Waals surface area contributed by atoms with Gasteiger partial charge in [0, 0.05) is 4.88 Å². The summed E-state index contributed by atoms with van der Waals surface area (Å²) in [5.41, 5.74) is 1.16. The van der Waals surface area contributed by atoms with Gasteiger partial charge in [-0.15, -0.1) is 11.3 Å². The minimum Gasteiger partial charge on any atom is -0.491 e. The van der Waals surface area contributed by atoms with E-state index in [1.165, 1.54) is 0 Å². The molecule has 1 unspecified atom stereocenters. The molecule has 1 N–H and O–H groups in total. The van der Waals surface area contributed by atoms with E-state index in [-0.39, 0.29) is 12.1 Å². The molecule has 0 bridgehead atoms. The fourth-order valence-corrected chi connectivity index (χ4v) is 3.30. The van der Waals surface area contributed by atoms with Crippen molar-refractivity contribution in [2.75, 3.05) is 7.05 Å². The summed E-state index contributed by atoms with van der Waals surface area (Å²) in [7, 11) is 1.94. The molecule has 1 atom stereocenters.